The van der Waals surface area contributed by atoms with Crippen LogP contribution in [0.2, 0.25) is 0 Å². The highest BCUT2D eigenvalue weighted by atomic mass is 32.2. The van der Waals surface area contributed by atoms with E-state index in [9.17, 15) is 8.42 Å². The molecule has 0 heterocycles. The molecule has 0 saturated heterocycles. The second kappa shape index (κ2) is 4.07. The van der Waals surface area contributed by atoms with Crippen LogP contribution >= 0.6 is 9.24 Å². The van der Waals surface area contributed by atoms with E-state index in [1.165, 1.54) is 0 Å². The fraction of sp³-hybridized carbons (Fsp3) is 1.00. The molecule has 2 atom stereocenters. The molecule has 5 heteroatoms. The molecule has 0 spiro atoms. The summed E-state index contributed by atoms with van der Waals surface area (Å²) in [5, 5.41) is 0. The first-order valence-electron chi connectivity index (χ1n) is 4.56. The minimum absolute atomic E-state index is 0.339. The van der Waals surface area contributed by atoms with E-state index in [-0.39, 0.29) is 5.41 Å². The molecule has 0 aromatic carbocycles. The molecule has 0 aliphatic rings. The van der Waals surface area contributed by atoms with Crippen LogP contribution in [0.25, 0.3) is 0 Å². The summed E-state index contributed by atoms with van der Waals surface area (Å²) in [7, 11) is -1.17. The average Bonchev–Trinajstić information content (AvgIpc) is 1.78. The van der Waals surface area contributed by atoms with Crippen molar-refractivity contribution in [2.75, 3.05) is 0 Å². The molecule has 0 radical (unpaired) electrons. The molecule has 0 N–H and O–H groups in total. The molecule has 0 bridgehead atoms. The second-order valence-electron chi connectivity index (χ2n) is 5.48. The van der Waals surface area contributed by atoms with Crippen LogP contribution < -0.4 is 0 Å². The highest BCUT2D eigenvalue weighted by Gasteiger charge is 2.35. The van der Waals surface area contributed by atoms with Crippen LogP contribution in [0.15, 0.2) is 0 Å². The normalized spacial score (nSPS) is 16.8. The molecule has 0 aliphatic heterocycles. The smallest absolute Gasteiger partial charge is 0.264 e. The van der Waals surface area contributed by atoms with Gasteiger partial charge in [0, 0.05) is 0 Å². The minimum atomic E-state index is -3.51. The number of rotatable bonds is 2. The van der Waals surface area contributed by atoms with Crippen LogP contribution in [-0.2, 0) is 14.3 Å². The maximum atomic E-state index is 11.7. The predicted octanol–water partition coefficient (Wildman–Crippen LogP) is 2.38. The fourth-order valence-electron chi connectivity index (χ4n) is 0.833. The first-order chi connectivity index (χ1) is 5.86. The molecule has 0 aromatic rings. The fourth-order valence-corrected chi connectivity index (χ4v) is 2.67. The van der Waals surface area contributed by atoms with Crippen molar-refractivity contribution < 1.29 is 12.6 Å². The summed E-state index contributed by atoms with van der Waals surface area (Å²) in [5.41, 5.74) is -1.01. The lowest BCUT2D eigenvalue weighted by atomic mass is 10.0. The largest absolute Gasteiger partial charge is 0.274 e. The van der Waals surface area contributed by atoms with Gasteiger partial charge in [0.2, 0.25) is 0 Å². The number of hydrogen-bond donors (Lipinski definition) is 0. The Hall–Kier alpha value is 0.340. The summed E-state index contributed by atoms with van der Waals surface area (Å²) in [5.74, 6) is 0. The first kappa shape index (κ1) is 14.3. The van der Waals surface area contributed by atoms with Crippen LogP contribution in [0.5, 0.6) is 0 Å². The van der Waals surface area contributed by atoms with E-state index in [0.29, 0.717) is 0 Å². The Kier molecular flexibility index (Phi) is 4.17. The molecule has 0 saturated carbocycles. The van der Waals surface area contributed by atoms with Gasteiger partial charge in [0.1, 0.15) is 4.99 Å². The molecule has 86 valence electrons. The topological polar surface area (TPSA) is 43.4 Å². The molecule has 0 aliphatic carbocycles. The third-order valence-electron chi connectivity index (χ3n) is 1.53. The predicted molar refractivity (Wildman–Crippen MR) is 62.7 cm³/mol. The molecular formula is C9H21O3PS. The zero-order valence-corrected chi connectivity index (χ0v) is 11.8. The summed E-state index contributed by atoms with van der Waals surface area (Å²) in [6, 6.07) is 0. The van der Waals surface area contributed by atoms with Gasteiger partial charge in [-0.1, -0.05) is 20.8 Å². The molecule has 0 rings (SSSR count). The lowest BCUT2D eigenvalue weighted by molar-refractivity contribution is 0.136. The van der Waals surface area contributed by atoms with Crippen LogP contribution in [0.4, 0.5) is 0 Å². The Morgan fingerprint density at radius 3 is 1.64 bits per heavy atom. The van der Waals surface area contributed by atoms with Gasteiger partial charge in [-0.25, -0.2) is 0 Å². The maximum absolute atomic E-state index is 11.7. The van der Waals surface area contributed by atoms with E-state index in [0.717, 1.165) is 0 Å². The molecule has 2 unspecified atom stereocenters. The van der Waals surface area contributed by atoms with E-state index in [1.807, 2.05) is 20.8 Å². The Morgan fingerprint density at radius 1 is 1.07 bits per heavy atom. The van der Waals surface area contributed by atoms with Crippen LogP contribution in [0, 0.1) is 5.41 Å². The minimum Gasteiger partial charge on any atom is -0.264 e. The van der Waals surface area contributed by atoms with Crippen molar-refractivity contribution in [1.29, 1.82) is 0 Å². The summed E-state index contributed by atoms with van der Waals surface area (Å²) in [4.78, 5) is -0.589. The van der Waals surface area contributed by atoms with E-state index < -0.39 is 20.7 Å². The standard InChI is InChI=1S/C9H21O3PS/c1-8(2,3)7(13)14(10,11)12-9(4,5)6/h7H,13H2,1-6H3. The van der Waals surface area contributed by atoms with Crippen molar-refractivity contribution in [1.82, 2.24) is 0 Å². The highest BCUT2D eigenvalue weighted by molar-refractivity contribution is 7.91. The Morgan fingerprint density at radius 2 is 1.43 bits per heavy atom. The van der Waals surface area contributed by atoms with E-state index in [2.05, 4.69) is 9.24 Å². The van der Waals surface area contributed by atoms with E-state index in [4.69, 9.17) is 4.18 Å². The second-order valence-corrected chi connectivity index (χ2v) is 8.29. The van der Waals surface area contributed by atoms with Gasteiger partial charge < -0.3 is 0 Å². The summed E-state index contributed by atoms with van der Waals surface area (Å²) in [6.07, 6.45) is 0. The Bertz CT molecular complexity index is 282. The highest BCUT2D eigenvalue weighted by Crippen LogP contribution is 2.33. The third-order valence-corrected chi connectivity index (χ3v) is 5.59. The molecule has 3 nitrogen and oxygen atoms in total. The molecule has 0 aromatic heterocycles. The monoisotopic (exact) mass is 240 g/mol. The Labute approximate surface area is 89.9 Å². The van der Waals surface area contributed by atoms with Crippen molar-refractivity contribution in [3.8, 4) is 0 Å². The average molecular weight is 240 g/mol. The van der Waals surface area contributed by atoms with Crippen molar-refractivity contribution in [3.05, 3.63) is 0 Å². The third kappa shape index (κ3) is 4.72. The Balaban J connectivity index is 4.83. The maximum Gasteiger partial charge on any atom is 0.274 e. The lowest BCUT2D eigenvalue weighted by Crippen LogP contribution is -2.35. The van der Waals surface area contributed by atoms with E-state index in [1.54, 1.807) is 20.8 Å². The van der Waals surface area contributed by atoms with Gasteiger partial charge >= 0.3 is 0 Å². The quantitative estimate of drug-likeness (QED) is 0.550. The van der Waals surface area contributed by atoms with Crippen molar-refractivity contribution in [3.63, 3.8) is 0 Å². The van der Waals surface area contributed by atoms with Crippen LogP contribution in [0.3, 0.4) is 0 Å². The zero-order valence-electron chi connectivity index (χ0n) is 9.79. The van der Waals surface area contributed by atoms with Gasteiger partial charge in [-0.3, -0.25) is 4.18 Å². The summed E-state index contributed by atoms with van der Waals surface area (Å²) in [6.45, 7) is 10.8. The van der Waals surface area contributed by atoms with Crippen LogP contribution in [-0.4, -0.2) is 19.0 Å². The van der Waals surface area contributed by atoms with Gasteiger partial charge in [-0.05, 0) is 26.2 Å². The summed E-state index contributed by atoms with van der Waals surface area (Å²) < 4.78 is 28.6. The van der Waals surface area contributed by atoms with Gasteiger partial charge in [-0.2, -0.15) is 8.42 Å². The molecule has 0 amide bonds. The molecule has 0 fully saturated rings. The first-order valence-corrected chi connectivity index (χ1v) is 6.70. The van der Waals surface area contributed by atoms with Crippen LogP contribution in [0.1, 0.15) is 41.5 Å². The summed E-state index contributed by atoms with van der Waals surface area (Å²) >= 11 is 0. The lowest BCUT2D eigenvalue weighted by Gasteiger charge is -2.29. The molecular weight excluding hydrogens is 219 g/mol. The van der Waals surface area contributed by atoms with E-state index >= 15 is 0 Å². The van der Waals surface area contributed by atoms with Gasteiger partial charge in [0.05, 0.1) is 5.60 Å². The van der Waals surface area contributed by atoms with Gasteiger partial charge in [0.25, 0.3) is 10.1 Å². The SMILES string of the molecule is CC(C)(C)OS(=O)(=O)C(P)C(C)(C)C. The van der Waals surface area contributed by atoms with Gasteiger partial charge in [0.15, 0.2) is 0 Å². The molecule has 14 heavy (non-hydrogen) atoms. The van der Waals surface area contributed by atoms with Crippen molar-refractivity contribution in [2.45, 2.75) is 52.1 Å². The van der Waals surface area contributed by atoms with Crippen molar-refractivity contribution >= 4 is 19.4 Å². The number of hydrogen-bond acceptors (Lipinski definition) is 3. The zero-order chi connectivity index (χ0) is 11.8. The van der Waals surface area contributed by atoms with Gasteiger partial charge in [-0.15, -0.1) is 9.24 Å². The van der Waals surface area contributed by atoms with Crippen molar-refractivity contribution in [2.24, 2.45) is 5.41 Å².